The molecule has 0 saturated heterocycles. The van der Waals surface area contributed by atoms with Crippen LogP contribution in [0.1, 0.15) is 24.0 Å². The third kappa shape index (κ3) is 4.40. The van der Waals surface area contributed by atoms with Crippen molar-refractivity contribution < 1.29 is 9.18 Å². The number of halogens is 1. The highest BCUT2D eigenvalue weighted by molar-refractivity contribution is 5.73. The second kappa shape index (κ2) is 6.23. The van der Waals surface area contributed by atoms with Crippen LogP contribution in [0.15, 0.2) is 18.2 Å². The van der Waals surface area contributed by atoms with Gasteiger partial charge in [-0.2, -0.15) is 0 Å². The van der Waals surface area contributed by atoms with Crippen LogP contribution < -0.4 is 11.1 Å². The maximum absolute atomic E-state index is 13.0. The molecule has 0 aliphatic rings. The van der Waals surface area contributed by atoms with Crippen molar-refractivity contribution >= 4 is 5.91 Å². The minimum atomic E-state index is -0.278. The fraction of sp³-hybridized carbons (Fsp3) is 0.417. The molecule has 0 spiro atoms. The number of nitrogens with one attached hydrogen (secondary N) is 1. The number of amides is 1. The van der Waals surface area contributed by atoms with Gasteiger partial charge in [-0.1, -0.05) is 12.1 Å². The largest absolute Gasteiger partial charge is 0.370 e. The second-order valence-corrected chi connectivity index (χ2v) is 3.83. The summed E-state index contributed by atoms with van der Waals surface area (Å²) in [6.07, 6.45) is 1.13. The van der Waals surface area contributed by atoms with Gasteiger partial charge >= 0.3 is 0 Å². The van der Waals surface area contributed by atoms with Crippen molar-refractivity contribution in [2.24, 2.45) is 5.73 Å². The van der Waals surface area contributed by atoms with Gasteiger partial charge in [0.05, 0.1) is 0 Å². The van der Waals surface area contributed by atoms with Crippen LogP contribution in [0.25, 0.3) is 0 Å². The topological polar surface area (TPSA) is 55.1 Å². The standard InChI is InChI=1S/C12H17FN2O/c1-9-7-10(4-5-11(9)13)8-15-6-2-3-12(14)16/h4-5,7,15H,2-3,6,8H2,1H3,(H2,14,16). The number of hydrogen-bond donors (Lipinski definition) is 2. The molecule has 1 aromatic carbocycles. The number of hydrogen-bond acceptors (Lipinski definition) is 2. The molecule has 16 heavy (non-hydrogen) atoms. The van der Waals surface area contributed by atoms with E-state index in [1.807, 2.05) is 6.07 Å². The highest BCUT2D eigenvalue weighted by atomic mass is 19.1. The molecule has 1 aromatic rings. The number of rotatable bonds is 6. The molecule has 0 saturated carbocycles. The summed E-state index contributed by atoms with van der Waals surface area (Å²) in [5.74, 6) is -0.461. The Bertz CT molecular complexity index is 366. The van der Waals surface area contributed by atoms with Gasteiger partial charge in [-0.3, -0.25) is 4.79 Å². The zero-order chi connectivity index (χ0) is 12.0. The minimum Gasteiger partial charge on any atom is -0.370 e. The molecule has 0 aliphatic carbocycles. The van der Waals surface area contributed by atoms with Gasteiger partial charge in [0, 0.05) is 13.0 Å². The summed E-state index contributed by atoms with van der Waals surface area (Å²) in [6.45, 7) is 3.16. The molecule has 3 N–H and O–H groups in total. The lowest BCUT2D eigenvalue weighted by molar-refractivity contribution is -0.118. The van der Waals surface area contributed by atoms with E-state index in [-0.39, 0.29) is 11.7 Å². The molecule has 0 atom stereocenters. The summed E-state index contributed by atoms with van der Waals surface area (Å²) in [7, 11) is 0. The Labute approximate surface area is 94.8 Å². The summed E-state index contributed by atoms with van der Waals surface area (Å²) in [5, 5.41) is 3.17. The molecule has 4 heteroatoms. The van der Waals surface area contributed by atoms with Crippen molar-refractivity contribution in [3.05, 3.63) is 35.1 Å². The molecule has 0 radical (unpaired) electrons. The van der Waals surface area contributed by atoms with E-state index in [0.29, 0.717) is 18.5 Å². The first-order chi connectivity index (χ1) is 7.59. The van der Waals surface area contributed by atoms with Gasteiger partial charge in [0.1, 0.15) is 5.82 Å². The van der Waals surface area contributed by atoms with Gasteiger partial charge in [-0.15, -0.1) is 0 Å². The Balaban J connectivity index is 2.27. The molecule has 0 heterocycles. The third-order valence-corrected chi connectivity index (χ3v) is 2.33. The van der Waals surface area contributed by atoms with E-state index in [1.54, 1.807) is 13.0 Å². The van der Waals surface area contributed by atoms with E-state index in [4.69, 9.17) is 5.73 Å². The van der Waals surface area contributed by atoms with E-state index in [0.717, 1.165) is 18.5 Å². The molecular formula is C12H17FN2O. The van der Waals surface area contributed by atoms with E-state index >= 15 is 0 Å². The first kappa shape index (κ1) is 12.6. The Morgan fingerprint density at radius 1 is 1.50 bits per heavy atom. The van der Waals surface area contributed by atoms with Crippen LogP contribution >= 0.6 is 0 Å². The number of aryl methyl sites for hydroxylation is 1. The lowest BCUT2D eigenvalue weighted by Gasteiger charge is -2.05. The van der Waals surface area contributed by atoms with Crippen LogP contribution in [-0.4, -0.2) is 12.5 Å². The predicted molar refractivity (Wildman–Crippen MR) is 61.3 cm³/mol. The van der Waals surface area contributed by atoms with Crippen LogP contribution in [0.2, 0.25) is 0 Å². The van der Waals surface area contributed by atoms with E-state index in [9.17, 15) is 9.18 Å². The maximum Gasteiger partial charge on any atom is 0.217 e. The van der Waals surface area contributed by atoms with Crippen molar-refractivity contribution in [2.45, 2.75) is 26.3 Å². The van der Waals surface area contributed by atoms with Crippen LogP contribution in [-0.2, 0) is 11.3 Å². The summed E-state index contributed by atoms with van der Waals surface area (Å²) in [6, 6.07) is 5.04. The summed E-state index contributed by atoms with van der Waals surface area (Å²) in [5.41, 5.74) is 6.70. The molecular weight excluding hydrogens is 207 g/mol. The van der Waals surface area contributed by atoms with E-state index in [2.05, 4.69) is 5.32 Å². The monoisotopic (exact) mass is 224 g/mol. The van der Waals surface area contributed by atoms with Gasteiger partial charge in [0.25, 0.3) is 0 Å². The normalized spacial score (nSPS) is 10.4. The second-order valence-electron chi connectivity index (χ2n) is 3.83. The molecule has 88 valence electrons. The molecule has 0 fully saturated rings. The van der Waals surface area contributed by atoms with Gasteiger partial charge in [-0.05, 0) is 37.1 Å². The van der Waals surface area contributed by atoms with Gasteiger partial charge < -0.3 is 11.1 Å². The van der Waals surface area contributed by atoms with Gasteiger partial charge in [-0.25, -0.2) is 4.39 Å². The van der Waals surface area contributed by atoms with Crippen molar-refractivity contribution in [2.75, 3.05) is 6.54 Å². The SMILES string of the molecule is Cc1cc(CNCCCC(N)=O)ccc1F. The van der Waals surface area contributed by atoms with E-state index < -0.39 is 0 Å². The molecule has 3 nitrogen and oxygen atoms in total. The van der Waals surface area contributed by atoms with Crippen LogP contribution in [0, 0.1) is 12.7 Å². The number of nitrogens with two attached hydrogens (primary N) is 1. The van der Waals surface area contributed by atoms with Gasteiger partial charge in [0.15, 0.2) is 0 Å². The number of benzene rings is 1. The van der Waals surface area contributed by atoms with Crippen molar-refractivity contribution in [3.8, 4) is 0 Å². The fourth-order valence-electron chi connectivity index (χ4n) is 1.44. The zero-order valence-electron chi connectivity index (χ0n) is 9.42. The quantitative estimate of drug-likeness (QED) is 0.719. The third-order valence-electron chi connectivity index (χ3n) is 2.33. The number of primary amides is 1. The lowest BCUT2D eigenvalue weighted by atomic mass is 10.1. The van der Waals surface area contributed by atoms with Crippen molar-refractivity contribution in [3.63, 3.8) is 0 Å². The predicted octanol–water partition coefficient (Wildman–Crippen LogP) is 1.49. The van der Waals surface area contributed by atoms with Gasteiger partial charge in [0.2, 0.25) is 5.91 Å². The van der Waals surface area contributed by atoms with Crippen LogP contribution in [0.5, 0.6) is 0 Å². The van der Waals surface area contributed by atoms with E-state index in [1.165, 1.54) is 6.07 Å². The average Bonchev–Trinajstić information content (AvgIpc) is 2.22. The summed E-state index contributed by atoms with van der Waals surface area (Å²) < 4.78 is 13.0. The fourth-order valence-corrected chi connectivity index (χ4v) is 1.44. The average molecular weight is 224 g/mol. The molecule has 0 bridgehead atoms. The minimum absolute atomic E-state index is 0.183. The van der Waals surface area contributed by atoms with Crippen LogP contribution in [0.3, 0.4) is 0 Å². The highest BCUT2D eigenvalue weighted by Gasteiger charge is 1.99. The van der Waals surface area contributed by atoms with Crippen molar-refractivity contribution in [1.29, 1.82) is 0 Å². The Morgan fingerprint density at radius 2 is 2.25 bits per heavy atom. The number of carbonyl (C=O) groups is 1. The molecule has 0 aliphatic heterocycles. The smallest absolute Gasteiger partial charge is 0.217 e. The molecule has 1 rings (SSSR count). The maximum atomic E-state index is 13.0. The molecule has 0 unspecified atom stereocenters. The lowest BCUT2D eigenvalue weighted by Crippen LogP contribution is -2.18. The molecule has 1 amide bonds. The zero-order valence-corrected chi connectivity index (χ0v) is 9.42. The highest BCUT2D eigenvalue weighted by Crippen LogP contribution is 2.08. The number of carbonyl (C=O) groups excluding carboxylic acids is 1. The summed E-state index contributed by atoms with van der Waals surface area (Å²) >= 11 is 0. The van der Waals surface area contributed by atoms with Crippen molar-refractivity contribution in [1.82, 2.24) is 5.32 Å². The summed E-state index contributed by atoms with van der Waals surface area (Å²) in [4.78, 5) is 10.5. The Hall–Kier alpha value is -1.42. The Kier molecular flexibility index (Phi) is 4.92. The Morgan fingerprint density at radius 3 is 2.88 bits per heavy atom. The van der Waals surface area contributed by atoms with Crippen LogP contribution in [0.4, 0.5) is 4.39 Å². The first-order valence-electron chi connectivity index (χ1n) is 5.33. The molecule has 0 aromatic heterocycles. The first-order valence-corrected chi connectivity index (χ1v) is 5.33.